The van der Waals surface area contributed by atoms with Crippen molar-refractivity contribution in [3.63, 3.8) is 0 Å². The molecule has 0 atom stereocenters. The number of carbonyl (C=O) groups excluding carboxylic acids is 2. The number of ether oxygens (including phenoxy) is 1. The first-order valence-corrected chi connectivity index (χ1v) is 11.7. The molecular weight excluding hydrogens is 446 g/mol. The van der Waals surface area contributed by atoms with Crippen LogP contribution >= 0.6 is 22.9 Å². The van der Waals surface area contributed by atoms with Crippen LogP contribution in [0.4, 0.5) is 5.00 Å². The van der Waals surface area contributed by atoms with Crippen LogP contribution in [0.25, 0.3) is 0 Å². The Balaban J connectivity index is 1.50. The van der Waals surface area contributed by atoms with Crippen LogP contribution in [0.15, 0.2) is 48.8 Å². The van der Waals surface area contributed by atoms with Gasteiger partial charge in [0.2, 0.25) is 0 Å². The van der Waals surface area contributed by atoms with Crippen molar-refractivity contribution >= 4 is 39.8 Å². The first-order valence-electron chi connectivity index (χ1n) is 10.5. The molecule has 1 aliphatic rings. The van der Waals surface area contributed by atoms with Gasteiger partial charge in [0, 0.05) is 29.3 Å². The number of aryl methyl sites for hydroxylation is 1. The molecule has 0 saturated carbocycles. The Labute approximate surface area is 196 Å². The highest BCUT2D eigenvalue weighted by Gasteiger charge is 2.28. The van der Waals surface area contributed by atoms with Gasteiger partial charge in [-0.05, 0) is 61.6 Å². The molecule has 32 heavy (non-hydrogen) atoms. The minimum absolute atomic E-state index is 0.111. The van der Waals surface area contributed by atoms with Gasteiger partial charge in [0.25, 0.3) is 11.8 Å². The lowest BCUT2D eigenvalue weighted by molar-refractivity contribution is 0.0774. The third-order valence-corrected chi connectivity index (χ3v) is 6.82. The summed E-state index contributed by atoms with van der Waals surface area (Å²) < 4.78 is 5.74. The molecule has 1 aromatic carbocycles. The standard InChI is InChI=1S/C24H24ClN3O3S/c1-28(12-13-31-18-8-4-7-17(25)14-18)24(30)21-19-9-2-3-10-20(19)32-23(21)27-22(29)16-6-5-11-26-15-16/h4-8,11,14-15H,2-3,9-10,12-13H2,1H3,(H,27,29). The molecule has 1 aliphatic carbocycles. The summed E-state index contributed by atoms with van der Waals surface area (Å²) in [6.45, 7) is 0.748. The van der Waals surface area contributed by atoms with Crippen LogP contribution < -0.4 is 10.1 Å². The van der Waals surface area contributed by atoms with Gasteiger partial charge in [0.15, 0.2) is 0 Å². The summed E-state index contributed by atoms with van der Waals surface area (Å²) in [7, 11) is 1.75. The minimum Gasteiger partial charge on any atom is -0.492 e. The molecule has 4 rings (SSSR count). The molecule has 166 valence electrons. The van der Waals surface area contributed by atoms with Crippen molar-refractivity contribution in [1.29, 1.82) is 0 Å². The first kappa shape index (κ1) is 22.3. The minimum atomic E-state index is -0.266. The number of anilines is 1. The van der Waals surface area contributed by atoms with Crippen LogP contribution in [0.5, 0.6) is 5.75 Å². The van der Waals surface area contributed by atoms with Gasteiger partial charge in [-0.25, -0.2) is 0 Å². The molecular formula is C24H24ClN3O3S. The molecule has 2 heterocycles. The van der Waals surface area contributed by atoms with Crippen LogP contribution in [0, 0.1) is 0 Å². The van der Waals surface area contributed by atoms with E-state index in [4.69, 9.17) is 16.3 Å². The number of likely N-dealkylation sites (N-methyl/N-ethyl adjacent to an activating group) is 1. The Morgan fingerprint density at radius 3 is 2.84 bits per heavy atom. The monoisotopic (exact) mass is 469 g/mol. The number of fused-ring (bicyclic) bond motifs is 1. The molecule has 0 bridgehead atoms. The lowest BCUT2D eigenvalue weighted by atomic mass is 9.95. The number of pyridine rings is 1. The number of nitrogens with one attached hydrogen (secondary N) is 1. The summed E-state index contributed by atoms with van der Waals surface area (Å²) >= 11 is 7.50. The molecule has 0 fully saturated rings. The average Bonchev–Trinajstić information content (AvgIpc) is 3.16. The van der Waals surface area contributed by atoms with Crippen LogP contribution in [0.1, 0.15) is 44.0 Å². The fraction of sp³-hybridized carbons (Fsp3) is 0.292. The van der Waals surface area contributed by atoms with Gasteiger partial charge in [-0.3, -0.25) is 14.6 Å². The van der Waals surface area contributed by atoms with Crippen LogP contribution in [-0.2, 0) is 12.8 Å². The molecule has 0 radical (unpaired) electrons. The maximum atomic E-state index is 13.4. The lowest BCUT2D eigenvalue weighted by Crippen LogP contribution is -2.32. The van der Waals surface area contributed by atoms with E-state index < -0.39 is 0 Å². The van der Waals surface area contributed by atoms with Crippen molar-refractivity contribution in [2.45, 2.75) is 25.7 Å². The van der Waals surface area contributed by atoms with E-state index in [0.29, 0.717) is 40.1 Å². The van der Waals surface area contributed by atoms with Crippen molar-refractivity contribution in [3.8, 4) is 5.75 Å². The maximum Gasteiger partial charge on any atom is 0.257 e. The second-order valence-corrected chi connectivity index (χ2v) is 9.18. The first-order chi connectivity index (χ1) is 15.5. The molecule has 0 spiro atoms. The number of benzene rings is 1. The summed E-state index contributed by atoms with van der Waals surface area (Å²) in [4.78, 5) is 33.0. The predicted octanol–water partition coefficient (Wildman–Crippen LogP) is 5.08. The Hall–Kier alpha value is -2.90. The van der Waals surface area contributed by atoms with Gasteiger partial charge in [-0.15, -0.1) is 11.3 Å². The Morgan fingerprint density at radius 2 is 2.06 bits per heavy atom. The van der Waals surface area contributed by atoms with Crippen molar-refractivity contribution < 1.29 is 14.3 Å². The van der Waals surface area contributed by atoms with Crippen molar-refractivity contribution in [3.05, 3.63) is 75.4 Å². The molecule has 6 nitrogen and oxygen atoms in total. The van der Waals surface area contributed by atoms with E-state index in [9.17, 15) is 9.59 Å². The summed E-state index contributed by atoms with van der Waals surface area (Å²) in [5.74, 6) is 0.286. The van der Waals surface area contributed by atoms with Crippen LogP contribution in [0.3, 0.4) is 0 Å². The quantitative estimate of drug-likeness (QED) is 0.523. The van der Waals surface area contributed by atoms with Gasteiger partial charge in [0.05, 0.1) is 17.7 Å². The number of hydrogen-bond acceptors (Lipinski definition) is 5. The normalized spacial score (nSPS) is 12.7. The number of nitrogens with zero attached hydrogens (tertiary/aromatic N) is 2. The number of amides is 2. The summed E-state index contributed by atoms with van der Waals surface area (Å²) in [6, 6.07) is 10.6. The topological polar surface area (TPSA) is 71.5 Å². The molecule has 1 N–H and O–H groups in total. The van der Waals surface area contributed by atoms with E-state index in [1.54, 1.807) is 42.4 Å². The zero-order chi connectivity index (χ0) is 22.5. The summed E-state index contributed by atoms with van der Waals surface area (Å²) in [5, 5.41) is 4.17. The number of thiophene rings is 1. The van der Waals surface area contributed by atoms with E-state index in [-0.39, 0.29) is 11.8 Å². The fourth-order valence-corrected chi connectivity index (χ4v) is 5.16. The zero-order valence-corrected chi connectivity index (χ0v) is 19.3. The van der Waals surface area contributed by atoms with E-state index in [1.165, 1.54) is 22.4 Å². The smallest absolute Gasteiger partial charge is 0.257 e. The molecule has 3 aromatic rings. The van der Waals surface area contributed by atoms with Gasteiger partial charge in [-0.1, -0.05) is 17.7 Å². The highest BCUT2D eigenvalue weighted by molar-refractivity contribution is 7.17. The number of rotatable bonds is 7. The Bertz CT molecular complexity index is 1120. The van der Waals surface area contributed by atoms with Crippen molar-refractivity contribution in [2.75, 3.05) is 25.5 Å². The predicted molar refractivity (Wildman–Crippen MR) is 127 cm³/mol. The third kappa shape index (κ3) is 5.11. The van der Waals surface area contributed by atoms with E-state index in [2.05, 4.69) is 10.3 Å². The molecule has 2 amide bonds. The molecule has 0 aliphatic heterocycles. The summed E-state index contributed by atoms with van der Waals surface area (Å²) in [6.07, 6.45) is 7.06. The third-order valence-electron chi connectivity index (χ3n) is 5.37. The van der Waals surface area contributed by atoms with E-state index >= 15 is 0 Å². The number of carbonyl (C=O) groups is 2. The van der Waals surface area contributed by atoms with Gasteiger partial charge >= 0.3 is 0 Å². The van der Waals surface area contributed by atoms with Crippen molar-refractivity contribution in [1.82, 2.24) is 9.88 Å². The number of hydrogen-bond donors (Lipinski definition) is 1. The van der Waals surface area contributed by atoms with E-state index in [1.807, 2.05) is 12.1 Å². The zero-order valence-electron chi connectivity index (χ0n) is 17.8. The van der Waals surface area contributed by atoms with Crippen LogP contribution in [0.2, 0.25) is 5.02 Å². The molecule has 0 saturated heterocycles. The fourth-order valence-electron chi connectivity index (χ4n) is 3.70. The maximum absolute atomic E-state index is 13.4. The molecule has 2 aromatic heterocycles. The number of halogens is 1. The summed E-state index contributed by atoms with van der Waals surface area (Å²) in [5.41, 5.74) is 2.13. The second kappa shape index (κ2) is 10.1. The highest BCUT2D eigenvalue weighted by Crippen LogP contribution is 2.39. The largest absolute Gasteiger partial charge is 0.492 e. The van der Waals surface area contributed by atoms with E-state index in [0.717, 1.165) is 31.2 Å². The number of aromatic nitrogens is 1. The van der Waals surface area contributed by atoms with Crippen molar-refractivity contribution in [2.24, 2.45) is 0 Å². The Morgan fingerprint density at radius 1 is 1.22 bits per heavy atom. The van der Waals surface area contributed by atoms with Crippen LogP contribution in [-0.4, -0.2) is 41.9 Å². The molecule has 0 unspecified atom stereocenters. The van der Waals surface area contributed by atoms with Gasteiger partial charge < -0.3 is 15.0 Å². The van der Waals surface area contributed by atoms with Gasteiger partial charge in [-0.2, -0.15) is 0 Å². The average molecular weight is 470 g/mol. The highest BCUT2D eigenvalue weighted by atomic mass is 35.5. The SMILES string of the molecule is CN(CCOc1cccc(Cl)c1)C(=O)c1c(NC(=O)c2cccnc2)sc2c1CCCC2. The Kier molecular flexibility index (Phi) is 7.07. The second-order valence-electron chi connectivity index (χ2n) is 7.64. The molecule has 8 heteroatoms. The lowest BCUT2D eigenvalue weighted by Gasteiger charge is -2.20. The van der Waals surface area contributed by atoms with Gasteiger partial charge in [0.1, 0.15) is 17.4 Å².